The van der Waals surface area contributed by atoms with E-state index in [1.807, 2.05) is 0 Å². The fourth-order valence-electron chi connectivity index (χ4n) is 4.06. The molecule has 3 aromatic rings. The lowest BCUT2D eigenvalue weighted by Crippen LogP contribution is -2.50. The van der Waals surface area contributed by atoms with Gasteiger partial charge in [-0.25, -0.2) is 8.78 Å². The van der Waals surface area contributed by atoms with Crippen molar-refractivity contribution >= 4 is 34.8 Å². The topological polar surface area (TPSA) is 49.4 Å². The Morgan fingerprint density at radius 2 is 1.58 bits per heavy atom. The summed E-state index contributed by atoms with van der Waals surface area (Å²) in [5.74, 6) is -2.44. The fourth-order valence-corrected chi connectivity index (χ4v) is 4.30. The predicted molar refractivity (Wildman–Crippen MR) is 122 cm³/mol. The van der Waals surface area contributed by atoms with Crippen LogP contribution in [0.25, 0.3) is 0 Å². The number of carbonyl (C=O) groups excluding carboxylic acids is 2. The normalized spacial score (nSPS) is 14.1. The van der Waals surface area contributed by atoms with Gasteiger partial charge in [0.2, 0.25) is 0 Å². The standard InChI is InChI=1S/C25H15ClF8N2O2/c1-12-8-14(23(28,24(29,30)31)25(32,33)34)6-7-19(12)35-21(37)16-9-20(18(27)10-17(16)26)36-11-13-4-2-3-5-15(13)22(36)38/h2-10H,11H2,1H3,(H,35,37). The molecule has 1 aliphatic heterocycles. The van der Waals surface area contributed by atoms with E-state index >= 15 is 0 Å². The highest BCUT2D eigenvalue weighted by atomic mass is 35.5. The first kappa shape index (κ1) is 27.4. The van der Waals surface area contributed by atoms with Gasteiger partial charge in [0.05, 0.1) is 22.8 Å². The van der Waals surface area contributed by atoms with Gasteiger partial charge in [-0.15, -0.1) is 0 Å². The number of rotatable bonds is 4. The minimum atomic E-state index is -6.30. The zero-order valence-electron chi connectivity index (χ0n) is 19.1. The van der Waals surface area contributed by atoms with Gasteiger partial charge in [0, 0.05) is 16.8 Å². The second-order valence-corrected chi connectivity index (χ2v) is 8.88. The molecular formula is C25H15ClF8N2O2. The Balaban J connectivity index is 1.65. The Hall–Kier alpha value is -3.67. The van der Waals surface area contributed by atoms with Crippen molar-refractivity contribution in [2.75, 3.05) is 10.2 Å². The summed E-state index contributed by atoms with van der Waals surface area (Å²) in [7, 11) is 0. The number of carbonyl (C=O) groups is 2. The van der Waals surface area contributed by atoms with E-state index in [0.717, 1.165) is 24.0 Å². The Morgan fingerprint density at radius 1 is 0.947 bits per heavy atom. The maximum absolute atomic E-state index is 14.8. The number of nitrogens with zero attached hydrogens (tertiary/aromatic N) is 1. The summed E-state index contributed by atoms with van der Waals surface area (Å²) < 4.78 is 108. The highest BCUT2D eigenvalue weighted by Gasteiger charge is 2.73. The summed E-state index contributed by atoms with van der Waals surface area (Å²) >= 11 is 6.02. The van der Waals surface area contributed by atoms with Crippen LogP contribution in [0.2, 0.25) is 5.02 Å². The van der Waals surface area contributed by atoms with Crippen molar-refractivity contribution in [1.82, 2.24) is 0 Å². The number of hydrogen-bond acceptors (Lipinski definition) is 2. The Morgan fingerprint density at radius 3 is 2.16 bits per heavy atom. The predicted octanol–water partition coefficient (Wildman–Crippen LogP) is 7.49. The summed E-state index contributed by atoms with van der Waals surface area (Å²) in [4.78, 5) is 26.7. The molecule has 1 N–H and O–H groups in total. The maximum atomic E-state index is 14.8. The highest BCUT2D eigenvalue weighted by molar-refractivity contribution is 6.34. The van der Waals surface area contributed by atoms with E-state index in [1.54, 1.807) is 24.3 Å². The second-order valence-electron chi connectivity index (χ2n) is 8.47. The molecule has 0 saturated heterocycles. The van der Waals surface area contributed by atoms with Crippen LogP contribution < -0.4 is 10.2 Å². The number of benzene rings is 3. The van der Waals surface area contributed by atoms with E-state index in [4.69, 9.17) is 11.6 Å². The molecule has 4 nitrogen and oxygen atoms in total. The molecule has 0 spiro atoms. The van der Waals surface area contributed by atoms with Crippen LogP contribution in [-0.4, -0.2) is 24.2 Å². The number of nitrogens with one attached hydrogen (secondary N) is 1. The van der Waals surface area contributed by atoms with Crippen LogP contribution in [0.5, 0.6) is 0 Å². The monoisotopic (exact) mass is 562 g/mol. The van der Waals surface area contributed by atoms with E-state index < -0.39 is 41.2 Å². The minimum Gasteiger partial charge on any atom is -0.322 e. The summed E-state index contributed by atoms with van der Waals surface area (Å²) in [6, 6.07) is 9.57. The van der Waals surface area contributed by atoms with Crippen LogP contribution in [0.4, 0.5) is 46.5 Å². The third-order valence-electron chi connectivity index (χ3n) is 6.05. The third-order valence-corrected chi connectivity index (χ3v) is 6.36. The molecule has 0 unspecified atom stereocenters. The molecule has 200 valence electrons. The van der Waals surface area contributed by atoms with Crippen molar-refractivity contribution in [1.29, 1.82) is 0 Å². The van der Waals surface area contributed by atoms with Crippen molar-refractivity contribution in [3.63, 3.8) is 0 Å². The van der Waals surface area contributed by atoms with Crippen LogP contribution in [0, 0.1) is 12.7 Å². The number of hydrogen-bond donors (Lipinski definition) is 1. The molecule has 3 aromatic carbocycles. The van der Waals surface area contributed by atoms with E-state index in [0.29, 0.717) is 23.3 Å². The lowest BCUT2D eigenvalue weighted by Gasteiger charge is -2.30. The van der Waals surface area contributed by atoms with Crippen molar-refractivity contribution < 1.29 is 44.7 Å². The third kappa shape index (κ3) is 4.46. The van der Waals surface area contributed by atoms with Gasteiger partial charge in [0.25, 0.3) is 11.8 Å². The average Bonchev–Trinajstić information content (AvgIpc) is 3.14. The molecule has 1 aliphatic rings. The molecule has 0 atom stereocenters. The molecule has 0 bridgehead atoms. The van der Waals surface area contributed by atoms with Gasteiger partial charge in [0.1, 0.15) is 5.82 Å². The van der Waals surface area contributed by atoms with Crippen LogP contribution >= 0.6 is 11.6 Å². The highest BCUT2D eigenvalue weighted by Crippen LogP contribution is 2.53. The maximum Gasteiger partial charge on any atom is 0.435 e. The summed E-state index contributed by atoms with van der Waals surface area (Å²) in [5.41, 5.74) is -7.58. The average molecular weight is 563 g/mol. The van der Waals surface area contributed by atoms with E-state index in [-0.39, 0.29) is 40.1 Å². The molecule has 13 heteroatoms. The van der Waals surface area contributed by atoms with Crippen molar-refractivity contribution in [3.8, 4) is 0 Å². The molecular weight excluding hydrogens is 548 g/mol. The fraction of sp³-hybridized carbons (Fsp3) is 0.200. The van der Waals surface area contributed by atoms with Gasteiger partial charge in [-0.3, -0.25) is 9.59 Å². The smallest absolute Gasteiger partial charge is 0.322 e. The van der Waals surface area contributed by atoms with Gasteiger partial charge >= 0.3 is 18.0 Å². The summed E-state index contributed by atoms with van der Waals surface area (Å²) in [6.45, 7) is 1.07. The number of fused-ring (bicyclic) bond motifs is 1. The molecule has 38 heavy (non-hydrogen) atoms. The van der Waals surface area contributed by atoms with Gasteiger partial charge in [-0.1, -0.05) is 41.9 Å². The first-order valence-electron chi connectivity index (χ1n) is 10.7. The summed E-state index contributed by atoms with van der Waals surface area (Å²) in [5, 5.41) is 1.88. The minimum absolute atomic E-state index is 0.0125. The second kappa shape index (κ2) is 9.26. The van der Waals surface area contributed by atoms with Crippen molar-refractivity contribution in [2.24, 2.45) is 0 Å². The van der Waals surface area contributed by atoms with Crippen LogP contribution in [0.3, 0.4) is 0 Å². The molecule has 0 fully saturated rings. The van der Waals surface area contributed by atoms with Gasteiger partial charge in [-0.2, -0.15) is 26.3 Å². The van der Waals surface area contributed by atoms with Crippen LogP contribution in [0.15, 0.2) is 54.6 Å². The number of amides is 2. The van der Waals surface area contributed by atoms with Gasteiger partial charge in [0.15, 0.2) is 0 Å². The Bertz CT molecular complexity index is 1440. The first-order valence-corrected chi connectivity index (χ1v) is 11.1. The van der Waals surface area contributed by atoms with E-state index in [1.165, 1.54) is 0 Å². The van der Waals surface area contributed by atoms with Crippen molar-refractivity contribution in [3.05, 3.63) is 93.3 Å². The molecule has 2 amide bonds. The van der Waals surface area contributed by atoms with E-state index in [2.05, 4.69) is 5.32 Å². The van der Waals surface area contributed by atoms with Crippen molar-refractivity contribution in [2.45, 2.75) is 31.5 Å². The van der Waals surface area contributed by atoms with Gasteiger partial charge < -0.3 is 10.2 Å². The van der Waals surface area contributed by atoms with Crippen LogP contribution in [0.1, 0.15) is 37.4 Å². The largest absolute Gasteiger partial charge is 0.435 e. The number of alkyl halides is 7. The lowest BCUT2D eigenvalue weighted by molar-refractivity contribution is -0.348. The van der Waals surface area contributed by atoms with E-state index in [9.17, 15) is 44.7 Å². The number of aryl methyl sites for hydroxylation is 1. The SMILES string of the molecule is Cc1cc(C(F)(C(F)(F)F)C(F)(F)F)ccc1NC(=O)c1cc(N2Cc3ccccc3C2=O)c(F)cc1Cl. The van der Waals surface area contributed by atoms with Crippen LogP contribution in [-0.2, 0) is 12.2 Å². The Labute approximate surface area is 214 Å². The first-order chi connectivity index (χ1) is 17.6. The molecule has 0 aromatic heterocycles. The molecule has 0 aliphatic carbocycles. The quantitative estimate of drug-likeness (QED) is 0.335. The zero-order chi connectivity index (χ0) is 28.2. The molecule has 4 rings (SSSR count). The molecule has 0 saturated carbocycles. The number of anilines is 2. The number of halogens is 9. The molecule has 1 heterocycles. The van der Waals surface area contributed by atoms with Gasteiger partial charge in [-0.05, 0) is 42.3 Å². The zero-order valence-corrected chi connectivity index (χ0v) is 19.8. The summed E-state index contributed by atoms with van der Waals surface area (Å²) in [6.07, 6.45) is -12.6. The Kier molecular flexibility index (Phi) is 6.67. The molecule has 0 radical (unpaired) electrons. The lowest BCUT2D eigenvalue weighted by atomic mass is 9.92.